The van der Waals surface area contributed by atoms with E-state index in [2.05, 4.69) is 20.9 Å². The first-order valence-electron chi connectivity index (χ1n) is 3.41. The largest absolute Gasteiger partial charge is 0.303 e. The van der Waals surface area contributed by atoms with E-state index in [1.165, 1.54) is 0 Å². The molecule has 0 N–H and O–H groups in total. The topological polar surface area (TPSA) is 30.0 Å². The molecule has 0 saturated heterocycles. The molecule has 0 radical (unpaired) electrons. The summed E-state index contributed by atoms with van der Waals surface area (Å²) in [6.45, 7) is 0. The van der Waals surface area contributed by atoms with Crippen LogP contribution in [-0.4, -0.2) is 11.3 Å². The fraction of sp³-hybridized carbons (Fsp3) is 0.250. The molecule has 1 aromatic rings. The van der Waals surface area contributed by atoms with E-state index in [0.717, 1.165) is 22.0 Å². The van der Waals surface area contributed by atoms with Crippen molar-refractivity contribution >= 4 is 33.8 Å². The second kappa shape index (κ2) is 4.58. The van der Waals surface area contributed by atoms with Gasteiger partial charge in [0.25, 0.3) is 0 Å². The molecule has 0 aliphatic rings. The van der Waals surface area contributed by atoms with E-state index in [1.807, 2.05) is 6.07 Å². The molecule has 12 heavy (non-hydrogen) atoms. The number of hydrogen-bond acceptors (Lipinski definition) is 2. The second-order valence-electron chi connectivity index (χ2n) is 2.26. The third-order valence-electron chi connectivity index (χ3n) is 1.46. The molecule has 0 bridgehead atoms. The Morgan fingerprint density at radius 2 is 2.42 bits per heavy atom. The summed E-state index contributed by atoms with van der Waals surface area (Å²) in [6, 6.07) is 1.86. The number of aldehydes is 1. The summed E-state index contributed by atoms with van der Waals surface area (Å²) < 4.78 is 0.869. The molecule has 0 aromatic carbocycles. The summed E-state index contributed by atoms with van der Waals surface area (Å²) in [5.41, 5.74) is 1.65. The van der Waals surface area contributed by atoms with Crippen LogP contribution in [0.4, 0.5) is 0 Å². The summed E-state index contributed by atoms with van der Waals surface area (Å²) in [5, 5.41) is 0. The molecule has 1 rings (SSSR count). The van der Waals surface area contributed by atoms with Crippen LogP contribution in [0.1, 0.15) is 11.3 Å². The number of hydrogen-bond donors (Lipinski definition) is 0. The Morgan fingerprint density at radius 3 is 3.00 bits per heavy atom. The first-order chi connectivity index (χ1) is 5.77. The van der Waals surface area contributed by atoms with Crippen molar-refractivity contribution in [2.45, 2.75) is 12.3 Å². The molecule has 0 amide bonds. The summed E-state index contributed by atoms with van der Waals surface area (Å²) in [6.07, 6.45) is 2.89. The lowest BCUT2D eigenvalue weighted by molar-refractivity contribution is -0.107. The van der Waals surface area contributed by atoms with Crippen molar-refractivity contribution in [1.82, 2.24) is 4.98 Å². The van der Waals surface area contributed by atoms with E-state index in [-0.39, 0.29) is 0 Å². The van der Waals surface area contributed by atoms with Crippen LogP contribution >= 0.6 is 27.5 Å². The average Bonchev–Trinajstić information content (AvgIpc) is 2.05. The molecule has 2 nitrogen and oxygen atoms in total. The van der Waals surface area contributed by atoms with E-state index in [9.17, 15) is 4.79 Å². The van der Waals surface area contributed by atoms with Crippen molar-refractivity contribution in [3.05, 3.63) is 28.0 Å². The third kappa shape index (κ3) is 2.29. The Labute approximate surface area is 84.1 Å². The van der Waals surface area contributed by atoms with Crippen LogP contribution in [0.5, 0.6) is 0 Å². The molecule has 0 saturated carbocycles. The quantitative estimate of drug-likeness (QED) is 0.607. The van der Waals surface area contributed by atoms with Gasteiger partial charge in [-0.3, -0.25) is 4.98 Å². The number of halogens is 2. The maximum atomic E-state index is 10.3. The SMILES string of the molecule is O=CCc1cc(Br)cnc1CCl. The Bertz CT molecular complexity index is 290. The number of rotatable bonds is 3. The molecular weight excluding hydrogens is 241 g/mol. The maximum Gasteiger partial charge on any atom is 0.124 e. The molecule has 4 heteroatoms. The van der Waals surface area contributed by atoms with Gasteiger partial charge in [-0.15, -0.1) is 11.6 Å². The van der Waals surface area contributed by atoms with Gasteiger partial charge in [-0.1, -0.05) is 0 Å². The Morgan fingerprint density at radius 1 is 1.67 bits per heavy atom. The lowest BCUT2D eigenvalue weighted by atomic mass is 10.1. The summed E-state index contributed by atoms with van der Waals surface area (Å²) in [5.74, 6) is 0.344. The zero-order chi connectivity index (χ0) is 8.97. The van der Waals surface area contributed by atoms with Gasteiger partial charge in [-0.25, -0.2) is 0 Å². The number of aromatic nitrogens is 1. The molecule has 1 heterocycles. The predicted octanol–water partition coefficient (Wildman–Crippen LogP) is 2.32. The third-order valence-corrected chi connectivity index (χ3v) is 2.14. The van der Waals surface area contributed by atoms with Gasteiger partial charge in [0.15, 0.2) is 0 Å². The number of carbonyl (C=O) groups is 1. The van der Waals surface area contributed by atoms with Gasteiger partial charge in [-0.2, -0.15) is 0 Å². The summed E-state index contributed by atoms with van der Waals surface area (Å²) in [4.78, 5) is 14.3. The van der Waals surface area contributed by atoms with Crippen LogP contribution in [0.3, 0.4) is 0 Å². The van der Waals surface area contributed by atoms with E-state index in [0.29, 0.717) is 12.3 Å². The molecule has 1 aromatic heterocycles. The van der Waals surface area contributed by atoms with Crippen LogP contribution in [0.25, 0.3) is 0 Å². The van der Waals surface area contributed by atoms with E-state index >= 15 is 0 Å². The number of alkyl halides is 1. The van der Waals surface area contributed by atoms with Crippen molar-refractivity contribution in [3.8, 4) is 0 Å². The van der Waals surface area contributed by atoms with Gasteiger partial charge >= 0.3 is 0 Å². The zero-order valence-electron chi connectivity index (χ0n) is 6.26. The smallest absolute Gasteiger partial charge is 0.124 e. The lowest BCUT2D eigenvalue weighted by Gasteiger charge is -2.02. The van der Waals surface area contributed by atoms with Gasteiger partial charge in [0.1, 0.15) is 6.29 Å². The highest BCUT2D eigenvalue weighted by atomic mass is 79.9. The second-order valence-corrected chi connectivity index (χ2v) is 3.45. The highest BCUT2D eigenvalue weighted by Crippen LogP contribution is 2.15. The molecular formula is C8H7BrClNO. The van der Waals surface area contributed by atoms with E-state index in [4.69, 9.17) is 11.6 Å². The average molecular weight is 249 g/mol. The summed E-state index contributed by atoms with van der Waals surface area (Å²) >= 11 is 8.90. The fourth-order valence-corrected chi connectivity index (χ4v) is 1.52. The van der Waals surface area contributed by atoms with Crippen LogP contribution in [0, 0.1) is 0 Å². The minimum Gasteiger partial charge on any atom is -0.303 e. The minimum absolute atomic E-state index is 0.344. The molecule has 64 valence electrons. The van der Waals surface area contributed by atoms with Gasteiger partial charge in [0, 0.05) is 17.1 Å². The number of pyridine rings is 1. The van der Waals surface area contributed by atoms with Crippen molar-refractivity contribution in [2.24, 2.45) is 0 Å². The first kappa shape index (κ1) is 9.68. The predicted molar refractivity (Wildman–Crippen MR) is 51.3 cm³/mol. The number of carbonyl (C=O) groups excluding carboxylic acids is 1. The lowest BCUT2D eigenvalue weighted by Crippen LogP contribution is -1.96. The maximum absolute atomic E-state index is 10.3. The normalized spacial score (nSPS) is 9.83. The van der Waals surface area contributed by atoms with E-state index in [1.54, 1.807) is 6.20 Å². The van der Waals surface area contributed by atoms with Crippen LogP contribution in [0.15, 0.2) is 16.7 Å². The van der Waals surface area contributed by atoms with Gasteiger partial charge < -0.3 is 4.79 Å². The van der Waals surface area contributed by atoms with Crippen LogP contribution in [-0.2, 0) is 17.1 Å². The van der Waals surface area contributed by atoms with Crippen molar-refractivity contribution < 1.29 is 4.79 Å². The fourth-order valence-electron chi connectivity index (χ4n) is 0.896. The van der Waals surface area contributed by atoms with Crippen molar-refractivity contribution in [3.63, 3.8) is 0 Å². The van der Waals surface area contributed by atoms with Gasteiger partial charge in [-0.05, 0) is 27.6 Å². The molecule has 0 spiro atoms. The Kier molecular flexibility index (Phi) is 3.69. The zero-order valence-corrected chi connectivity index (χ0v) is 8.60. The van der Waals surface area contributed by atoms with Crippen molar-refractivity contribution in [1.29, 1.82) is 0 Å². The Balaban J connectivity index is 3.03. The molecule has 0 aliphatic carbocycles. The highest BCUT2D eigenvalue weighted by molar-refractivity contribution is 9.10. The molecule has 0 atom stereocenters. The first-order valence-corrected chi connectivity index (χ1v) is 4.73. The summed E-state index contributed by atoms with van der Waals surface area (Å²) in [7, 11) is 0. The highest BCUT2D eigenvalue weighted by Gasteiger charge is 2.02. The standard InChI is InChI=1S/C8H7BrClNO/c9-7-3-6(1-2-12)8(4-10)11-5-7/h2-3,5H,1,4H2. The van der Waals surface area contributed by atoms with Gasteiger partial charge in [0.05, 0.1) is 11.6 Å². The van der Waals surface area contributed by atoms with Crippen LogP contribution < -0.4 is 0 Å². The van der Waals surface area contributed by atoms with Crippen LogP contribution in [0.2, 0.25) is 0 Å². The molecule has 0 fully saturated rings. The van der Waals surface area contributed by atoms with E-state index < -0.39 is 0 Å². The molecule has 0 aliphatic heterocycles. The van der Waals surface area contributed by atoms with Crippen molar-refractivity contribution in [2.75, 3.05) is 0 Å². The monoisotopic (exact) mass is 247 g/mol. The Hall–Kier alpha value is -0.410. The van der Waals surface area contributed by atoms with Gasteiger partial charge in [0.2, 0.25) is 0 Å². The number of nitrogens with zero attached hydrogens (tertiary/aromatic N) is 1. The minimum atomic E-state index is 0.344. The molecule has 0 unspecified atom stereocenters.